The highest BCUT2D eigenvalue weighted by Crippen LogP contribution is 2.09. The summed E-state index contributed by atoms with van der Waals surface area (Å²) in [7, 11) is 0. The Morgan fingerprint density at radius 3 is 1.90 bits per heavy atom. The number of benzene rings is 1. The van der Waals surface area contributed by atoms with Gasteiger partial charge in [0, 0.05) is 24.2 Å². The molecule has 1 aromatic rings. The first-order valence-electron chi connectivity index (χ1n) is 9.53. The maximum Gasteiger partial charge on any atom is 0.235 e. The van der Waals surface area contributed by atoms with Crippen LogP contribution >= 0.6 is 0 Å². The molecule has 0 spiro atoms. The second-order valence-corrected chi connectivity index (χ2v) is 5.90. The monoisotopic (exact) mass is 400 g/mol. The highest BCUT2D eigenvalue weighted by Gasteiger charge is 2.07. The average molecular weight is 400 g/mol. The Morgan fingerprint density at radius 1 is 0.828 bits per heavy atom. The number of hydrogen-bond acceptors (Lipinski definition) is 6. The van der Waals surface area contributed by atoms with Crippen LogP contribution in [0.2, 0.25) is 0 Å². The maximum atomic E-state index is 12.1. The summed E-state index contributed by atoms with van der Waals surface area (Å²) >= 11 is 0. The molecule has 6 nitrogen and oxygen atoms in total. The SMILES string of the molecule is C#CCOCCOCCOCCOCCCC(=O)c1ccc(C(=O)C#CC)cc1. The molecule has 0 aliphatic heterocycles. The lowest BCUT2D eigenvalue weighted by Gasteiger charge is -2.07. The number of Topliss-reactive ketones (excluding diaryl/α,β-unsaturated/α-hetero) is 2. The van der Waals surface area contributed by atoms with Crippen LogP contribution in [-0.2, 0) is 18.9 Å². The van der Waals surface area contributed by atoms with Crippen LogP contribution in [0.15, 0.2) is 24.3 Å². The minimum atomic E-state index is -0.247. The number of rotatable bonds is 16. The van der Waals surface area contributed by atoms with E-state index < -0.39 is 0 Å². The van der Waals surface area contributed by atoms with Crippen molar-refractivity contribution in [3.8, 4) is 24.2 Å². The molecule has 1 aromatic carbocycles. The van der Waals surface area contributed by atoms with Crippen molar-refractivity contribution in [1.82, 2.24) is 0 Å². The Labute approximate surface area is 172 Å². The Balaban J connectivity index is 2.00. The Morgan fingerprint density at radius 2 is 1.34 bits per heavy atom. The standard InChI is InChI=1S/C23H28O6/c1-3-6-22(24)20-8-10-21(11-9-20)23(25)7-5-13-27-15-17-29-19-18-28-16-14-26-12-4-2/h2,8-11H,5,7,12-19H2,1H3. The van der Waals surface area contributed by atoms with E-state index in [0.717, 1.165) is 0 Å². The molecule has 0 atom stereocenters. The van der Waals surface area contributed by atoms with Crippen molar-refractivity contribution < 1.29 is 28.5 Å². The van der Waals surface area contributed by atoms with Crippen molar-refractivity contribution >= 4 is 11.6 Å². The molecule has 0 saturated carbocycles. The molecule has 29 heavy (non-hydrogen) atoms. The summed E-state index contributed by atoms with van der Waals surface area (Å²) in [6.45, 7) is 5.27. The number of hydrogen-bond donors (Lipinski definition) is 0. The lowest BCUT2D eigenvalue weighted by Crippen LogP contribution is -2.12. The highest BCUT2D eigenvalue weighted by atomic mass is 16.6. The van der Waals surface area contributed by atoms with Crippen LogP contribution in [0.4, 0.5) is 0 Å². The van der Waals surface area contributed by atoms with E-state index in [1.165, 1.54) is 0 Å². The van der Waals surface area contributed by atoms with Crippen molar-refractivity contribution in [2.24, 2.45) is 0 Å². The van der Waals surface area contributed by atoms with Crippen molar-refractivity contribution in [2.75, 3.05) is 52.9 Å². The molecule has 6 heteroatoms. The maximum absolute atomic E-state index is 12.1. The van der Waals surface area contributed by atoms with E-state index >= 15 is 0 Å². The van der Waals surface area contributed by atoms with E-state index in [1.54, 1.807) is 31.2 Å². The molecule has 156 valence electrons. The van der Waals surface area contributed by atoms with Crippen LogP contribution in [0.1, 0.15) is 40.5 Å². The minimum Gasteiger partial charge on any atom is -0.379 e. The van der Waals surface area contributed by atoms with Gasteiger partial charge in [0.15, 0.2) is 5.78 Å². The molecule has 0 N–H and O–H groups in total. The van der Waals surface area contributed by atoms with E-state index in [4.69, 9.17) is 25.4 Å². The fourth-order valence-electron chi connectivity index (χ4n) is 2.26. The van der Waals surface area contributed by atoms with Crippen LogP contribution in [0.3, 0.4) is 0 Å². The third kappa shape index (κ3) is 11.8. The summed E-state index contributed by atoms with van der Waals surface area (Å²) in [5, 5.41) is 0. The first-order chi connectivity index (χ1) is 14.2. The van der Waals surface area contributed by atoms with E-state index in [0.29, 0.717) is 76.8 Å². The Kier molecular flexibility index (Phi) is 13.9. The molecular weight excluding hydrogens is 372 g/mol. The van der Waals surface area contributed by atoms with Crippen LogP contribution in [0.5, 0.6) is 0 Å². The minimum absolute atomic E-state index is 0.0220. The van der Waals surface area contributed by atoms with Gasteiger partial charge in [0.05, 0.1) is 39.6 Å². The zero-order chi connectivity index (χ0) is 21.2. The van der Waals surface area contributed by atoms with Gasteiger partial charge in [-0.15, -0.1) is 6.42 Å². The van der Waals surface area contributed by atoms with Crippen molar-refractivity contribution in [3.63, 3.8) is 0 Å². The van der Waals surface area contributed by atoms with Crippen molar-refractivity contribution in [3.05, 3.63) is 35.4 Å². The molecule has 0 aromatic heterocycles. The Bertz CT molecular complexity index is 706. The van der Waals surface area contributed by atoms with Gasteiger partial charge in [0.2, 0.25) is 5.78 Å². The number of carbonyl (C=O) groups excluding carboxylic acids is 2. The fraction of sp³-hybridized carbons (Fsp3) is 0.478. The highest BCUT2D eigenvalue weighted by molar-refractivity contribution is 6.09. The van der Waals surface area contributed by atoms with E-state index in [1.807, 2.05) is 0 Å². The van der Waals surface area contributed by atoms with Crippen LogP contribution in [0.25, 0.3) is 0 Å². The second kappa shape index (κ2) is 16.5. The lowest BCUT2D eigenvalue weighted by atomic mass is 10.0. The van der Waals surface area contributed by atoms with E-state index in [9.17, 15) is 9.59 Å². The van der Waals surface area contributed by atoms with E-state index in [2.05, 4.69) is 17.8 Å². The topological polar surface area (TPSA) is 71.1 Å². The van der Waals surface area contributed by atoms with Gasteiger partial charge in [-0.25, -0.2) is 0 Å². The molecule has 0 heterocycles. The fourth-order valence-corrected chi connectivity index (χ4v) is 2.26. The zero-order valence-corrected chi connectivity index (χ0v) is 16.9. The first kappa shape index (κ1) is 24.6. The van der Waals surface area contributed by atoms with Gasteiger partial charge in [-0.1, -0.05) is 24.0 Å². The third-order valence-electron chi connectivity index (χ3n) is 3.70. The molecule has 0 amide bonds. The van der Waals surface area contributed by atoms with Crippen LogP contribution in [0, 0.1) is 24.2 Å². The molecule has 0 radical (unpaired) electrons. The third-order valence-corrected chi connectivity index (χ3v) is 3.70. The smallest absolute Gasteiger partial charge is 0.235 e. The summed E-state index contributed by atoms with van der Waals surface area (Å²) in [5.41, 5.74) is 1.07. The number of ketones is 2. The van der Waals surface area contributed by atoms with Gasteiger partial charge in [-0.05, 0) is 31.4 Å². The molecular formula is C23H28O6. The summed E-state index contributed by atoms with van der Waals surface area (Å²) in [5.74, 6) is 7.20. The number of terminal acetylenes is 1. The first-order valence-corrected chi connectivity index (χ1v) is 9.53. The second-order valence-electron chi connectivity index (χ2n) is 5.90. The predicted molar refractivity (Wildman–Crippen MR) is 110 cm³/mol. The van der Waals surface area contributed by atoms with Crippen LogP contribution < -0.4 is 0 Å². The summed E-state index contributed by atoms with van der Waals surface area (Å²) in [6.07, 6.45) is 6.07. The molecule has 0 fully saturated rings. The van der Waals surface area contributed by atoms with Gasteiger partial charge in [-0.2, -0.15) is 0 Å². The summed E-state index contributed by atoms with van der Waals surface area (Å²) < 4.78 is 21.2. The largest absolute Gasteiger partial charge is 0.379 e. The van der Waals surface area contributed by atoms with Gasteiger partial charge in [0.25, 0.3) is 0 Å². The molecule has 0 saturated heterocycles. The predicted octanol–water partition coefficient (Wildman–Crippen LogP) is 2.56. The molecule has 0 aliphatic rings. The van der Waals surface area contributed by atoms with Crippen molar-refractivity contribution in [2.45, 2.75) is 19.8 Å². The average Bonchev–Trinajstić information content (AvgIpc) is 2.74. The molecule has 1 rings (SSSR count). The van der Waals surface area contributed by atoms with Gasteiger partial charge in [-0.3, -0.25) is 9.59 Å². The van der Waals surface area contributed by atoms with Gasteiger partial charge >= 0.3 is 0 Å². The summed E-state index contributed by atoms with van der Waals surface area (Å²) in [6, 6.07) is 6.57. The zero-order valence-electron chi connectivity index (χ0n) is 16.9. The van der Waals surface area contributed by atoms with Crippen LogP contribution in [-0.4, -0.2) is 64.4 Å². The van der Waals surface area contributed by atoms with Gasteiger partial charge in [0.1, 0.15) is 6.61 Å². The molecule has 0 unspecified atom stereocenters. The normalized spacial score (nSPS) is 10.1. The lowest BCUT2D eigenvalue weighted by molar-refractivity contribution is 0.00102. The van der Waals surface area contributed by atoms with E-state index in [-0.39, 0.29) is 11.6 Å². The summed E-state index contributed by atoms with van der Waals surface area (Å²) in [4.78, 5) is 23.8. The van der Waals surface area contributed by atoms with Gasteiger partial charge < -0.3 is 18.9 Å². The quantitative estimate of drug-likeness (QED) is 0.184. The molecule has 0 aliphatic carbocycles. The Hall–Kier alpha value is -2.48. The number of carbonyl (C=O) groups is 2. The van der Waals surface area contributed by atoms with Crippen molar-refractivity contribution in [1.29, 1.82) is 0 Å². The number of ether oxygens (including phenoxy) is 4. The molecule has 0 bridgehead atoms.